The van der Waals surface area contributed by atoms with Crippen LogP contribution in [-0.2, 0) is 9.53 Å². The summed E-state index contributed by atoms with van der Waals surface area (Å²) in [6.45, 7) is 0.593. The molecule has 0 bridgehead atoms. The van der Waals surface area contributed by atoms with Crippen LogP contribution in [0.3, 0.4) is 0 Å². The van der Waals surface area contributed by atoms with Gasteiger partial charge in [-0.2, -0.15) is 0 Å². The van der Waals surface area contributed by atoms with Gasteiger partial charge in [-0.1, -0.05) is 0 Å². The predicted octanol–water partition coefficient (Wildman–Crippen LogP) is -3.73. The number of ether oxygens (including phenoxy) is 1. The number of ketones is 1. The molecule has 2 unspecified atom stereocenters. The van der Waals surface area contributed by atoms with Crippen molar-refractivity contribution < 1.29 is 30.7 Å². The first-order chi connectivity index (χ1) is 5.20. The molecule has 2 atom stereocenters. The van der Waals surface area contributed by atoms with Crippen molar-refractivity contribution in [3.05, 3.63) is 12.2 Å². The summed E-state index contributed by atoms with van der Waals surface area (Å²) in [6, 6.07) is 0. The molecule has 0 radical (unpaired) electrons. The van der Waals surface area contributed by atoms with Crippen molar-refractivity contribution in [1.29, 1.82) is 0 Å². The number of alkyl halides is 2. The SMILES string of the molecule is NC1(/C=C/C(=O)C2CO2)C[I-]1. The summed E-state index contributed by atoms with van der Waals surface area (Å²) in [5.41, 5.74) is 5.78. The van der Waals surface area contributed by atoms with E-state index in [-0.39, 0.29) is 36.6 Å². The van der Waals surface area contributed by atoms with Crippen molar-refractivity contribution in [2.75, 3.05) is 11.0 Å². The third-order valence-corrected chi connectivity index (χ3v) is 4.50. The number of hydrogen-bond acceptors (Lipinski definition) is 3. The Kier molecular flexibility index (Phi) is 1.77. The molecule has 0 aromatic carbocycles. The fourth-order valence-corrected chi connectivity index (χ4v) is 1.84. The molecular weight excluding hydrogens is 257 g/mol. The number of rotatable bonds is 3. The second kappa shape index (κ2) is 2.53. The standard InChI is InChI=1S/C7H9INO2/c9-7(4-8-7)2-1-5(10)6-3-11-6/h1-2,6H,3-4,9H2/q-1/b2-1+. The van der Waals surface area contributed by atoms with Gasteiger partial charge in [-0.15, -0.1) is 0 Å². The van der Waals surface area contributed by atoms with E-state index < -0.39 is 0 Å². The molecule has 62 valence electrons. The molecule has 2 fully saturated rings. The zero-order chi connectivity index (χ0) is 7.90. The molecule has 2 aliphatic heterocycles. The van der Waals surface area contributed by atoms with Crippen LogP contribution >= 0.6 is 0 Å². The Morgan fingerprint density at radius 1 is 1.82 bits per heavy atom. The van der Waals surface area contributed by atoms with Crippen molar-refractivity contribution in [2.45, 2.75) is 9.65 Å². The minimum atomic E-state index is -0.146. The summed E-state index contributed by atoms with van der Waals surface area (Å²) < 4.78 is 5.88. The maximum atomic E-state index is 11.0. The quantitative estimate of drug-likeness (QED) is 0.188. The average molecular weight is 266 g/mol. The molecule has 2 aliphatic rings. The Labute approximate surface area is 75.2 Å². The molecule has 0 saturated carbocycles. The van der Waals surface area contributed by atoms with Gasteiger partial charge in [0.25, 0.3) is 0 Å². The molecule has 2 heterocycles. The van der Waals surface area contributed by atoms with E-state index in [4.69, 9.17) is 10.5 Å². The zero-order valence-electron chi connectivity index (χ0n) is 5.92. The first-order valence-electron chi connectivity index (χ1n) is 3.43. The molecule has 4 heteroatoms. The Morgan fingerprint density at radius 3 is 2.91 bits per heavy atom. The van der Waals surface area contributed by atoms with E-state index in [1.165, 1.54) is 0 Å². The molecule has 0 aromatic heterocycles. The summed E-state index contributed by atoms with van der Waals surface area (Å²) in [4.78, 5) is 11.0. The van der Waals surface area contributed by atoms with E-state index in [0.29, 0.717) is 6.61 Å². The monoisotopic (exact) mass is 266 g/mol. The normalized spacial score (nSPS) is 41.7. The van der Waals surface area contributed by atoms with E-state index >= 15 is 0 Å². The molecule has 2 rings (SSSR count). The van der Waals surface area contributed by atoms with Crippen LogP contribution in [0.25, 0.3) is 0 Å². The van der Waals surface area contributed by atoms with E-state index in [9.17, 15) is 4.79 Å². The fourth-order valence-electron chi connectivity index (χ4n) is 0.707. The predicted molar refractivity (Wildman–Crippen MR) is 35.7 cm³/mol. The Bertz CT molecular complexity index is 218. The Hall–Kier alpha value is 0.0600. The zero-order valence-corrected chi connectivity index (χ0v) is 8.08. The summed E-state index contributed by atoms with van der Waals surface area (Å²) >= 11 is 0.157. The van der Waals surface area contributed by atoms with Gasteiger partial charge in [-0.3, -0.25) is 0 Å². The molecule has 0 aliphatic carbocycles. The summed E-state index contributed by atoms with van der Waals surface area (Å²) in [5.74, 6) is 0.0748. The van der Waals surface area contributed by atoms with Crippen LogP contribution in [0.4, 0.5) is 0 Å². The Morgan fingerprint density at radius 2 is 2.45 bits per heavy atom. The molecule has 0 spiro atoms. The fraction of sp³-hybridized carbons (Fsp3) is 0.571. The van der Waals surface area contributed by atoms with Gasteiger partial charge in [0.05, 0.1) is 0 Å². The average Bonchev–Trinajstić information content (AvgIpc) is 2.76. The number of halogens is 1. The van der Waals surface area contributed by atoms with Crippen LogP contribution in [0.5, 0.6) is 0 Å². The maximum absolute atomic E-state index is 11.0. The van der Waals surface area contributed by atoms with Crippen molar-refractivity contribution in [3.8, 4) is 0 Å². The molecular formula is C7H9INO2-. The van der Waals surface area contributed by atoms with Crippen LogP contribution in [0.1, 0.15) is 0 Å². The number of nitrogens with two attached hydrogens (primary N) is 1. The third kappa shape index (κ3) is 2.00. The minimum absolute atomic E-state index is 0.0522. The third-order valence-electron chi connectivity index (χ3n) is 1.62. The summed E-state index contributed by atoms with van der Waals surface area (Å²) in [7, 11) is 0. The van der Waals surface area contributed by atoms with Gasteiger partial charge in [0.2, 0.25) is 0 Å². The number of epoxide rings is 1. The van der Waals surface area contributed by atoms with Crippen LogP contribution < -0.4 is 26.9 Å². The molecule has 0 amide bonds. The summed E-state index contributed by atoms with van der Waals surface area (Å²) in [5, 5.41) is 0. The van der Waals surface area contributed by atoms with Crippen molar-refractivity contribution in [2.24, 2.45) is 5.73 Å². The van der Waals surface area contributed by atoms with Crippen molar-refractivity contribution >= 4 is 5.78 Å². The number of carbonyl (C=O) groups is 1. The molecule has 3 nitrogen and oxygen atoms in total. The second-order valence-corrected chi connectivity index (χ2v) is 6.29. The van der Waals surface area contributed by atoms with Gasteiger partial charge >= 0.3 is 75.1 Å². The van der Waals surface area contributed by atoms with Gasteiger partial charge in [-0.25, -0.2) is 0 Å². The van der Waals surface area contributed by atoms with E-state index in [2.05, 4.69) is 0 Å². The Balaban J connectivity index is 1.87. The first-order valence-corrected chi connectivity index (χ1v) is 6.04. The molecule has 2 N–H and O–H groups in total. The molecule has 2 saturated heterocycles. The molecule has 0 aromatic rings. The second-order valence-electron chi connectivity index (χ2n) is 2.75. The van der Waals surface area contributed by atoms with Crippen molar-refractivity contribution in [3.63, 3.8) is 0 Å². The van der Waals surface area contributed by atoms with Crippen molar-refractivity contribution in [1.82, 2.24) is 0 Å². The van der Waals surface area contributed by atoms with Crippen LogP contribution in [0, 0.1) is 0 Å². The van der Waals surface area contributed by atoms with Gasteiger partial charge in [0, 0.05) is 0 Å². The number of carbonyl (C=O) groups excluding carboxylic acids is 1. The molecule has 11 heavy (non-hydrogen) atoms. The van der Waals surface area contributed by atoms with Crippen LogP contribution in [0.2, 0.25) is 0 Å². The van der Waals surface area contributed by atoms with Gasteiger partial charge < -0.3 is 0 Å². The van der Waals surface area contributed by atoms with Gasteiger partial charge in [0.1, 0.15) is 0 Å². The van der Waals surface area contributed by atoms with E-state index in [1.54, 1.807) is 6.08 Å². The van der Waals surface area contributed by atoms with Gasteiger partial charge in [0.15, 0.2) is 0 Å². The van der Waals surface area contributed by atoms with Crippen LogP contribution in [-0.4, -0.2) is 26.5 Å². The number of hydrogen-bond donors (Lipinski definition) is 1. The first kappa shape index (κ1) is 7.70. The van der Waals surface area contributed by atoms with E-state index in [0.717, 1.165) is 4.43 Å². The topological polar surface area (TPSA) is 55.6 Å². The van der Waals surface area contributed by atoms with Gasteiger partial charge in [-0.05, 0) is 0 Å². The summed E-state index contributed by atoms with van der Waals surface area (Å²) in [6.07, 6.45) is 3.29. The van der Waals surface area contributed by atoms with E-state index in [1.807, 2.05) is 6.08 Å². The van der Waals surface area contributed by atoms with Crippen LogP contribution in [0.15, 0.2) is 12.2 Å².